The minimum atomic E-state index is -1.74. The Hall–Kier alpha value is -4.56. The number of fused-ring (bicyclic) bond motifs is 4. The van der Waals surface area contributed by atoms with Crippen molar-refractivity contribution in [3.8, 4) is 11.8 Å². The Labute approximate surface area is 382 Å². The van der Waals surface area contributed by atoms with Crippen LogP contribution in [0.3, 0.4) is 0 Å². The maximum atomic E-state index is 16.4. The van der Waals surface area contributed by atoms with Crippen molar-refractivity contribution in [1.82, 2.24) is 0 Å². The second kappa shape index (κ2) is 13.8. The van der Waals surface area contributed by atoms with Gasteiger partial charge in [0.1, 0.15) is 11.4 Å². The van der Waals surface area contributed by atoms with Crippen molar-refractivity contribution < 1.29 is 34.8 Å². The lowest BCUT2D eigenvalue weighted by atomic mass is 9.31. The van der Waals surface area contributed by atoms with E-state index in [0.29, 0.717) is 61.7 Å². The third-order valence-electron chi connectivity index (χ3n) is 20.5. The third-order valence-corrected chi connectivity index (χ3v) is 20.5. The van der Waals surface area contributed by atoms with Gasteiger partial charge in [-0.3, -0.25) is 9.59 Å². The summed E-state index contributed by atoms with van der Waals surface area (Å²) < 4.78 is 0. The van der Waals surface area contributed by atoms with E-state index in [0.717, 1.165) is 43.2 Å². The number of aliphatic hydroxyl groups is 3. The van der Waals surface area contributed by atoms with Gasteiger partial charge in [-0.15, -0.1) is 11.8 Å². The molecule has 8 N–H and O–H groups in total. The molecule has 0 aromatic heterocycles. The van der Waals surface area contributed by atoms with Crippen molar-refractivity contribution in [3.63, 3.8) is 0 Å². The van der Waals surface area contributed by atoms with Crippen molar-refractivity contribution in [1.29, 1.82) is 0 Å². The Morgan fingerprint density at radius 1 is 0.908 bits per heavy atom. The molecule has 65 heavy (non-hydrogen) atoms. The lowest BCUT2D eigenvalue weighted by molar-refractivity contribution is -0.185. The number of allylic oxidation sites excluding steroid dienone is 2. The first-order valence-corrected chi connectivity index (χ1v) is 24.4. The molecule has 10 aliphatic carbocycles. The van der Waals surface area contributed by atoms with E-state index in [4.69, 9.17) is 16.5 Å². The minimum absolute atomic E-state index is 0.0150. The van der Waals surface area contributed by atoms with Crippen LogP contribution in [-0.4, -0.2) is 66.8 Å². The predicted octanol–water partition coefficient (Wildman–Crippen LogP) is 7.07. The van der Waals surface area contributed by atoms with Crippen LogP contribution in [0.2, 0.25) is 0 Å². The van der Waals surface area contributed by atoms with E-state index in [1.807, 2.05) is 31.2 Å². The van der Waals surface area contributed by atoms with Gasteiger partial charge in [0.05, 0.1) is 17.2 Å². The lowest BCUT2D eigenvalue weighted by Crippen LogP contribution is -2.73. The molecule has 0 aliphatic heterocycles. The summed E-state index contributed by atoms with van der Waals surface area (Å²) in [5.74, 6) is 3.67. The van der Waals surface area contributed by atoms with E-state index in [1.54, 1.807) is 6.92 Å². The number of Topliss-reactive ketones (excluding diaryl/α,β-unsaturated/α-hetero) is 2. The van der Waals surface area contributed by atoms with E-state index in [1.165, 1.54) is 5.56 Å². The molecule has 342 valence electrons. The zero-order valence-corrected chi connectivity index (χ0v) is 38.4. The van der Waals surface area contributed by atoms with Crippen molar-refractivity contribution in [2.45, 2.75) is 147 Å². The first-order chi connectivity index (χ1) is 30.8. The molecule has 0 radical (unpaired) electrons. The van der Waals surface area contributed by atoms with Crippen molar-refractivity contribution >= 4 is 29.6 Å². The average molecular weight is 880 g/mol. The van der Waals surface area contributed by atoms with E-state index in [-0.39, 0.29) is 48.3 Å². The van der Waals surface area contributed by atoms with Crippen LogP contribution < -0.4 is 11.5 Å². The Morgan fingerprint density at radius 2 is 1.66 bits per heavy atom. The number of nitrogens with zero attached hydrogens (tertiary/aromatic N) is 1. The molecular weight excluding hydrogens is 815 g/mol. The lowest BCUT2D eigenvalue weighted by Gasteiger charge is -2.72. The molecule has 4 bridgehead atoms. The van der Waals surface area contributed by atoms with Crippen LogP contribution in [0.4, 0.5) is 0 Å². The first-order valence-electron chi connectivity index (χ1n) is 24.4. The smallest absolute Gasteiger partial charge is 0.331 e. The van der Waals surface area contributed by atoms with Crippen LogP contribution in [0.15, 0.2) is 81.4 Å². The number of ketones is 2. The normalized spacial score (nSPS) is 46.4. The van der Waals surface area contributed by atoms with Gasteiger partial charge in [0.2, 0.25) is 0 Å². The standard InChI is InChI=1S/C55H65N3O7/c1-31(46(62)63)37-18-23-51(58-47(56)57)25-24-50(32(2)40(51)43(37)61)30-52(64)26-27-53(65)41(35-17-16-33-12-6-7-13-34(33)28-35)44-48(3)20-10-5-11-21-54(52)45(53)42(49(44,4)22-19-39(48)60)38(59)29-55(50,54)36-14-8-9-15-36/h6-7,12-13,24-28,32,36,40-41,43-44,61,64-65H,8-9,11,14-23,29-30H2,1-4H3,(H,62,63)(H4,56,57,58). The zero-order chi connectivity index (χ0) is 45.9. The molecule has 2 spiro atoms. The predicted molar refractivity (Wildman–Crippen MR) is 247 cm³/mol. The quantitative estimate of drug-likeness (QED) is 0.0603. The summed E-state index contributed by atoms with van der Waals surface area (Å²) >= 11 is 0. The van der Waals surface area contributed by atoms with E-state index < -0.39 is 79.6 Å². The highest BCUT2D eigenvalue weighted by Crippen LogP contribution is 2.86. The topological polar surface area (TPSA) is 197 Å². The number of carbonyl (C=O) groups excluding carboxylic acids is 2. The minimum Gasteiger partial charge on any atom is -0.478 e. The maximum Gasteiger partial charge on any atom is 0.331 e. The molecule has 13 unspecified atom stereocenters. The second-order valence-electron chi connectivity index (χ2n) is 22.7. The summed E-state index contributed by atoms with van der Waals surface area (Å²) in [6, 6.07) is 8.38. The highest BCUT2D eigenvalue weighted by Gasteiger charge is 2.86. The van der Waals surface area contributed by atoms with Crippen LogP contribution in [0.1, 0.15) is 129 Å². The van der Waals surface area contributed by atoms with Crippen molar-refractivity contribution in [2.24, 2.45) is 73.1 Å². The van der Waals surface area contributed by atoms with Crippen LogP contribution in [0.25, 0.3) is 6.08 Å². The summed E-state index contributed by atoms with van der Waals surface area (Å²) in [6.07, 6.45) is 16.9. The molecule has 10 nitrogen and oxygen atoms in total. The Balaban J connectivity index is 1.25. The number of guanidine groups is 1. The number of aliphatic carboxylic acids is 1. The van der Waals surface area contributed by atoms with Crippen LogP contribution in [0.5, 0.6) is 0 Å². The molecule has 4 saturated carbocycles. The van der Waals surface area contributed by atoms with E-state index >= 15 is 4.79 Å². The van der Waals surface area contributed by atoms with Gasteiger partial charge in [-0.1, -0.05) is 87.8 Å². The van der Waals surface area contributed by atoms with Crippen LogP contribution >= 0.6 is 0 Å². The molecule has 10 aliphatic rings. The summed E-state index contributed by atoms with van der Waals surface area (Å²) in [5, 5.41) is 52.0. The number of carboxylic acids is 1. The monoisotopic (exact) mass is 879 g/mol. The maximum absolute atomic E-state index is 16.4. The largest absolute Gasteiger partial charge is 0.478 e. The number of aliphatic imine (C=N–C) groups is 1. The van der Waals surface area contributed by atoms with Gasteiger partial charge in [0.15, 0.2) is 11.7 Å². The van der Waals surface area contributed by atoms with E-state index in [2.05, 4.69) is 56.0 Å². The van der Waals surface area contributed by atoms with Gasteiger partial charge < -0.3 is 31.9 Å². The molecule has 0 heterocycles. The third kappa shape index (κ3) is 5.03. The summed E-state index contributed by atoms with van der Waals surface area (Å²) in [4.78, 5) is 48.6. The fourth-order valence-corrected chi connectivity index (χ4v) is 18.3. The summed E-state index contributed by atoms with van der Waals surface area (Å²) in [7, 11) is 0. The highest BCUT2D eigenvalue weighted by molar-refractivity contribution is 6.02. The molecule has 0 amide bonds. The number of hydrogen-bond acceptors (Lipinski definition) is 7. The molecular formula is C55H65N3O7. The molecule has 1 aromatic rings. The summed E-state index contributed by atoms with van der Waals surface area (Å²) in [6.45, 7) is 7.89. The highest BCUT2D eigenvalue weighted by atomic mass is 16.4. The van der Waals surface area contributed by atoms with Crippen LogP contribution in [0, 0.1) is 68.5 Å². The molecule has 10 heteroatoms. The number of rotatable bonds is 4. The molecule has 0 saturated heterocycles. The fourth-order valence-electron chi connectivity index (χ4n) is 18.3. The first kappa shape index (κ1) is 43.0. The van der Waals surface area contributed by atoms with E-state index in [9.17, 15) is 30.0 Å². The number of aryl methyl sites for hydroxylation is 1. The Morgan fingerprint density at radius 3 is 2.40 bits per heavy atom. The fraction of sp³-hybridized carbons (Fsp3) is 0.600. The van der Waals surface area contributed by atoms with Gasteiger partial charge in [-0.05, 0) is 111 Å². The van der Waals surface area contributed by atoms with Crippen molar-refractivity contribution in [3.05, 3.63) is 87.6 Å². The number of nitrogens with two attached hydrogens (primary N) is 2. The molecule has 4 fully saturated rings. The molecule has 1 aromatic carbocycles. The average Bonchev–Trinajstić information content (AvgIpc) is 3.86. The van der Waals surface area contributed by atoms with Gasteiger partial charge in [0.25, 0.3) is 0 Å². The van der Waals surface area contributed by atoms with Crippen LogP contribution in [-0.2, 0) is 20.8 Å². The molecule has 13 atom stereocenters. The van der Waals surface area contributed by atoms with Crippen molar-refractivity contribution in [2.75, 3.05) is 0 Å². The number of aliphatic hydroxyl groups excluding tert-OH is 1. The SMILES string of the molecule is CC(C(=O)O)=C1CCC2(N=C(N)N)C=CC3(CC4(O)C=CC5(O)C6=C7C(=O)CC3(C3CCCC3)C64CCC#CCC3(C)C(=O)CCC7(C)C3C5C3=Cc4ccccc4CC3)C(C)C2C1O. The van der Waals surface area contributed by atoms with Gasteiger partial charge in [0, 0.05) is 75.7 Å². The van der Waals surface area contributed by atoms with Gasteiger partial charge in [-0.25, -0.2) is 9.79 Å². The number of carboxylic acid groups (broad SMARTS) is 1. The Bertz CT molecular complexity index is 2620. The zero-order valence-electron chi connectivity index (χ0n) is 38.4. The number of hydrogen-bond donors (Lipinski definition) is 6. The van der Waals surface area contributed by atoms with Gasteiger partial charge in [-0.2, -0.15) is 0 Å². The van der Waals surface area contributed by atoms with Gasteiger partial charge >= 0.3 is 5.97 Å². The Kier molecular flexibility index (Phi) is 9.11. The summed E-state index contributed by atoms with van der Waals surface area (Å²) in [5.41, 5.74) is 8.38. The number of benzene rings is 1. The number of carbonyl (C=O) groups is 3. The second-order valence-corrected chi connectivity index (χ2v) is 22.7. The molecule has 11 rings (SSSR count).